The van der Waals surface area contributed by atoms with Crippen LogP contribution in [0.1, 0.15) is 37.7 Å². The molecule has 1 amide bonds. The highest BCUT2D eigenvalue weighted by molar-refractivity contribution is 5.92. The highest BCUT2D eigenvalue weighted by Gasteiger charge is 2.11. The summed E-state index contributed by atoms with van der Waals surface area (Å²) in [6, 6.07) is 3.67. The van der Waals surface area contributed by atoms with Gasteiger partial charge >= 0.3 is 0 Å². The van der Waals surface area contributed by atoms with Crippen molar-refractivity contribution in [3.63, 3.8) is 0 Å². The third-order valence-electron chi connectivity index (χ3n) is 3.27. The van der Waals surface area contributed by atoms with E-state index in [-0.39, 0.29) is 11.9 Å². The highest BCUT2D eigenvalue weighted by Crippen LogP contribution is 2.10. The van der Waals surface area contributed by atoms with Crippen molar-refractivity contribution >= 4 is 11.7 Å². The van der Waals surface area contributed by atoms with Gasteiger partial charge in [0.2, 0.25) is 0 Å². The maximum Gasteiger partial charge on any atom is 0.271 e. The van der Waals surface area contributed by atoms with Crippen molar-refractivity contribution in [1.29, 1.82) is 0 Å². The summed E-state index contributed by atoms with van der Waals surface area (Å²) in [5, 5.41) is 10.7. The first-order valence-corrected chi connectivity index (χ1v) is 7.04. The van der Waals surface area contributed by atoms with E-state index in [2.05, 4.69) is 29.4 Å². The Kier molecular flexibility index (Phi) is 6.38. The van der Waals surface area contributed by atoms with Crippen LogP contribution in [0.5, 0.6) is 0 Å². The van der Waals surface area contributed by atoms with E-state index in [0.717, 1.165) is 18.8 Å². The maximum atomic E-state index is 11.6. The third-order valence-corrected chi connectivity index (χ3v) is 3.27. The fourth-order valence-corrected chi connectivity index (χ4v) is 1.69. The van der Waals surface area contributed by atoms with Crippen molar-refractivity contribution in [2.75, 3.05) is 25.0 Å². The Morgan fingerprint density at radius 1 is 1.40 bits per heavy atom. The van der Waals surface area contributed by atoms with Crippen molar-refractivity contribution in [2.45, 2.75) is 33.2 Å². The number of hydrogen-bond acceptors (Lipinski definition) is 5. The molecule has 1 aromatic heterocycles. The second-order valence-corrected chi connectivity index (χ2v) is 5.25. The number of nitrogens with one attached hydrogen (secondary N) is 1. The molecule has 6 nitrogen and oxygen atoms in total. The van der Waals surface area contributed by atoms with Crippen LogP contribution in [0.4, 0.5) is 5.82 Å². The molecule has 1 heterocycles. The van der Waals surface area contributed by atoms with Gasteiger partial charge in [0.25, 0.3) is 5.91 Å². The van der Waals surface area contributed by atoms with Crippen molar-refractivity contribution in [3.8, 4) is 0 Å². The average molecular weight is 279 g/mol. The standard InChI is InChI=1S/C14H25N5O/c1-5-16-14(20)12-6-7-13(18-17-12)19(4)9-8-11(15)10(2)3/h6-7,10-11H,5,8-9,15H2,1-4H3,(H,16,20). The Morgan fingerprint density at radius 3 is 2.60 bits per heavy atom. The molecule has 3 N–H and O–H groups in total. The van der Waals surface area contributed by atoms with Crippen LogP contribution < -0.4 is 16.0 Å². The molecular weight excluding hydrogens is 254 g/mol. The molecular formula is C14H25N5O. The molecule has 0 aromatic carbocycles. The summed E-state index contributed by atoms with van der Waals surface area (Å²) in [5.74, 6) is 1.01. The molecule has 112 valence electrons. The number of rotatable bonds is 7. The van der Waals surface area contributed by atoms with Gasteiger partial charge in [-0.3, -0.25) is 4.79 Å². The van der Waals surface area contributed by atoms with Crippen molar-refractivity contribution in [3.05, 3.63) is 17.8 Å². The van der Waals surface area contributed by atoms with Gasteiger partial charge < -0.3 is 16.0 Å². The van der Waals surface area contributed by atoms with Crippen LogP contribution >= 0.6 is 0 Å². The first-order valence-electron chi connectivity index (χ1n) is 7.04. The average Bonchev–Trinajstić information content (AvgIpc) is 2.44. The molecule has 1 unspecified atom stereocenters. The summed E-state index contributed by atoms with van der Waals surface area (Å²) in [6.45, 7) is 7.49. The van der Waals surface area contributed by atoms with Gasteiger partial charge in [-0.1, -0.05) is 13.8 Å². The summed E-state index contributed by atoms with van der Waals surface area (Å²) in [7, 11) is 1.95. The molecule has 1 atom stereocenters. The van der Waals surface area contributed by atoms with Crippen LogP contribution in [0.2, 0.25) is 0 Å². The Morgan fingerprint density at radius 2 is 2.10 bits per heavy atom. The first kappa shape index (κ1) is 16.4. The van der Waals surface area contributed by atoms with E-state index in [1.165, 1.54) is 0 Å². The lowest BCUT2D eigenvalue weighted by Gasteiger charge is -2.21. The molecule has 0 aliphatic heterocycles. The smallest absolute Gasteiger partial charge is 0.271 e. The second kappa shape index (κ2) is 7.79. The van der Waals surface area contributed by atoms with Gasteiger partial charge in [-0.25, -0.2) is 0 Å². The summed E-state index contributed by atoms with van der Waals surface area (Å²) < 4.78 is 0. The molecule has 0 aliphatic carbocycles. The van der Waals surface area contributed by atoms with Crippen LogP contribution in [-0.4, -0.2) is 42.3 Å². The largest absolute Gasteiger partial charge is 0.358 e. The van der Waals surface area contributed by atoms with Gasteiger partial charge in [0.15, 0.2) is 11.5 Å². The second-order valence-electron chi connectivity index (χ2n) is 5.25. The quantitative estimate of drug-likeness (QED) is 0.779. The zero-order chi connectivity index (χ0) is 15.1. The molecule has 0 saturated carbocycles. The lowest BCUT2D eigenvalue weighted by Crippen LogP contribution is -2.32. The molecule has 0 fully saturated rings. The molecule has 1 rings (SSSR count). The van der Waals surface area contributed by atoms with E-state index in [1.807, 2.05) is 18.9 Å². The fraction of sp³-hybridized carbons (Fsp3) is 0.643. The van der Waals surface area contributed by atoms with Crippen LogP contribution in [0.3, 0.4) is 0 Å². The highest BCUT2D eigenvalue weighted by atomic mass is 16.1. The van der Waals surface area contributed by atoms with Gasteiger partial charge in [0.05, 0.1) is 0 Å². The van der Waals surface area contributed by atoms with Gasteiger partial charge in [0, 0.05) is 26.2 Å². The fourth-order valence-electron chi connectivity index (χ4n) is 1.69. The Labute approximate surface area is 120 Å². The minimum absolute atomic E-state index is 0.181. The Hall–Kier alpha value is -1.69. The van der Waals surface area contributed by atoms with Crippen molar-refractivity contribution in [1.82, 2.24) is 15.5 Å². The molecule has 20 heavy (non-hydrogen) atoms. The number of anilines is 1. The summed E-state index contributed by atoms with van der Waals surface area (Å²) in [6.07, 6.45) is 0.897. The van der Waals surface area contributed by atoms with Crippen LogP contribution in [0.15, 0.2) is 12.1 Å². The number of nitrogens with zero attached hydrogens (tertiary/aromatic N) is 3. The van der Waals surface area contributed by atoms with E-state index in [9.17, 15) is 4.79 Å². The number of carbonyl (C=O) groups excluding carboxylic acids is 1. The number of nitrogens with two attached hydrogens (primary N) is 1. The monoisotopic (exact) mass is 279 g/mol. The molecule has 0 bridgehead atoms. The Bertz CT molecular complexity index is 418. The third kappa shape index (κ3) is 4.77. The number of hydrogen-bond donors (Lipinski definition) is 2. The predicted octanol–water partition coefficient (Wildman–Crippen LogP) is 1.04. The first-order chi connectivity index (χ1) is 9.45. The zero-order valence-electron chi connectivity index (χ0n) is 12.8. The molecule has 0 radical (unpaired) electrons. The van der Waals surface area contributed by atoms with Gasteiger partial charge in [0.1, 0.15) is 0 Å². The number of carbonyl (C=O) groups is 1. The van der Waals surface area contributed by atoms with Gasteiger partial charge in [-0.05, 0) is 31.4 Å². The molecule has 1 aromatic rings. The summed E-state index contributed by atoms with van der Waals surface area (Å²) >= 11 is 0. The summed E-state index contributed by atoms with van der Waals surface area (Å²) in [5.41, 5.74) is 6.36. The van der Waals surface area contributed by atoms with Crippen LogP contribution in [0, 0.1) is 5.92 Å². The van der Waals surface area contributed by atoms with Crippen molar-refractivity contribution in [2.24, 2.45) is 11.7 Å². The maximum absolute atomic E-state index is 11.6. The zero-order valence-corrected chi connectivity index (χ0v) is 12.8. The number of aromatic nitrogens is 2. The van der Waals surface area contributed by atoms with E-state index in [4.69, 9.17) is 5.73 Å². The van der Waals surface area contributed by atoms with E-state index in [0.29, 0.717) is 18.2 Å². The minimum atomic E-state index is -0.198. The Balaban J connectivity index is 2.57. The van der Waals surface area contributed by atoms with Crippen LogP contribution in [0.25, 0.3) is 0 Å². The molecule has 0 aliphatic rings. The van der Waals surface area contributed by atoms with Crippen molar-refractivity contribution < 1.29 is 4.79 Å². The minimum Gasteiger partial charge on any atom is -0.358 e. The number of amides is 1. The molecule has 6 heteroatoms. The van der Waals surface area contributed by atoms with Gasteiger partial charge in [-0.2, -0.15) is 0 Å². The lowest BCUT2D eigenvalue weighted by molar-refractivity contribution is 0.0950. The summed E-state index contributed by atoms with van der Waals surface area (Å²) in [4.78, 5) is 13.6. The lowest BCUT2D eigenvalue weighted by atomic mass is 10.0. The van der Waals surface area contributed by atoms with E-state index in [1.54, 1.807) is 12.1 Å². The van der Waals surface area contributed by atoms with Crippen LogP contribution in [-0.2, 0) is 0 Å². The van der Waals surface area contributed by atoms with E-state index >= 15 is 0 Å². The molecule has 0 saturated heterocycles. The van der Waals surface area contributed by atoms with Gasteiger partial charge in [-0.15, -0.1) is 10.2 Å². The topological polar surface area (TPSA) is 84.1 Å². The normalized spacial score (nSPS) is 12.3. The molecule has 0 spiro atoms. The predicted molar refractivity (Wildman–Crippen MR) is 80.7 cm³/mol. The van der Waals surface area contributed by atoms with E-state index < -0.39 is 0 Å². The SMILES string of the molecule is CCNC(=O)c1ccc(N(C)CCC(N)C(C)C)nn1.